The summed E-state index contributed by atoms with van der Waals surface area (Å²) in [6.07, 6.45) is 2.02. The summed E-state index contributed by atoms with van der Waals surface area (Å²) in [5.41, 5.74) is 10.0. The van der Waals surface area contributed by atoms with E-state index < -0.39 is 0 Å². The molecule has 0 saturated heterocycles. The molecule has 4 heteroatoms. The van der Waals surface area contributed by atoms with Crippen LogP contribution in [0.1, 0.15) is 24.7 Å². The van der Waals surface area contributed by atoms with Gasteiger partial charge in [-0.1, -0.05) is 30.7 Å². The number of aryl methyl sites for hydroxylation is 1. The Balaban J connectivity index is 2.10. The third kappa shape index (κ3) is 2.74. The van der Waals surface area contributed by atoms with Gasteiger partial charge in [-0.05, 0) is 42.3 Å². The molecule has 1 aromatic heterocycles. The number of nitrogen functional groups attached to an aromatic ring is 1. The molecule has 3 rings (SSSR count). The molecule has 0 radical (unpaired) electrons. The highest BCUT2D eigenvalue weighted by Gasteiger charge is 2.11. The van der Waals surface area contributed by atoms with E-state index >= 15 is 0 Å². The molecule has 21 heavy (non-hydrogen) atoms. The Labute approximate surface area is 129 Å². The van der Waals surface area contributed by atoms with Gasteiger partial charge in [0.15, 0.2) is 0 Å². The number of nitrogens with zero attached hydrogens (tertiary/aromatic N) is 2. The number of nitrogens with two attached hydrogens (primary N) is 1. The number of fused-ring (bicyclic) bond motifs is 1. The number of hydrogen-bond donors (Lipinski definition) is 1. The molecule has 0 aliphatic carbocycles. The molecule has 2 N–H and O–H groups in total. The number of imidazole rings is 1. The van der Waals surface area contributed by atoms with Gasteiger partial charge in [0, 0.05) is 17.1 Å². The van der Waals surface area contributed by atoms with Crippen LogP contribution in [0.15, 0.2) is 42.5 Å². The zero-order valence-corrected chi connectivity index (χ0v) is 12.8. The topological polar surface area (TPSA) is 43.8 Å². The van der Waals surface area contributed by atoms with E-state index in [1.807, 2.05) is 36.4 Å². The number of aromatic nitrogens is 2. The van der Waals surface area contributed by atoms with Gasteiger partial charge in [0.2, 0.25) is 0 Å². The fourth-order valence-electron chi connectivity index (χ4n) is 2.60. The van der Waals surface area contributed by atoms with E-state index in [-0.39, 0.29) is 0 Å². The molecule has 0 saturated carbocycles. The number of halogens is 1. The van der Waals surface area contributed by atoms with E-state index in [2.05, 4.69) is 17.6 Å². The predicted octanol–water partition coefficient (Wildman–Crippen LogP) is 4.27. The second-order valence-electron chi connectivity index (χ2n) is 5.20. The summed E-state index contributed by atoms with van der Waals surface area (Å²) >= 11 is 6.10. The van der Waals surface area contributed by atoms with E-state index in [4.69, 9.17) is 22.3 Å². The summed E-state index contributed by atoms with van der Waals surface area (Å²) < 4.78 is 2.24. The van der Waals surface area contributed by atoms with Crippen LogP contribution >= 0.6 is 11.6 Å². The number of benzene rings is 2. The number of para-hydroxylation sites is 2. The maximum absolute atomic E-state index is 6.10. The van der Waals surface area contributed by atoms with Crippen LogP contribution < -0.4 is 5.73 Å². The van der Waals surface area contributed by atoms with Gasteiger partial charge < -0.3 is 10.3 Å². The lowest BCUT2D eigenvalue weighted by Gasteiger charge is -2.11. The SMILES string of the molecule is CCCc1nc2ccccc2n1Cc1cc(Cl)ccc1N. The molecule has 3 nitrogen and oxygen atoms in total. The van der Waals surface area contributed by atoms with Crippen molar-refractivity contribution in [1.82, 2.24) is 9.55 Å². The molecular weight excluding hydrogens is 282 g/mol. The molecular formula is C17H18ClN3. The van der Waals surface area contributed by atoms with Crippen molar-refractivity contribution in [3.63, 3.8) is 0 Å². The van der Waals surface area contributed by atoms with Crippen molar-refractivity contribution in [2.24, 2.45) is 0 Å². The van der Waals surface area contributed by atoms with Gasteiger partial charge in [0.1, 0.15) is 5.82 Å². The fourth-order valence-corrected chi connectivity index (χ4v) is 2.79. The minimum atomic E-state index is 0.697. The summed E-state index contributed by atoms with van der Waals surface area (Å²) in [5, 5.41) is 0.709. The molecule has 0 spiro atoms. The third-order valence-corrected chi connectivity index (χ3v) is 3.88. The molecule has 2 aromatic carbocycles. The summed E-state index contributed by atoms with van der Waals surface area (Å²) in [7, 11) is 0. The van der Waals surface area contributed by atoms with Crippen LogP contribution in [0.5, 0.6) is 0 Å². The van der Waals surface area contributed by atoms with Crippen molar-refractivity contribution in [3.05, 3.63) is 58.9 Å². The fraction of sp³-hybridized carbons (Fsp3) is 0.235. The molecule has 0 aliphatic heterocycles. The summed E-state index contributed by atoms with van der Waals surface area (Å²) in [6, 6.07) is 13.8. The van der Waals surface area contributed by atoms with E-state index in [9.17, 15) is 0 Å². The van der Waals surface area contributed by atoms with Crippen LogP contribution in [0, 0.1) is 0 Å². The van der Waals surface area contributed by atoms with Crippen LogP contribution in [0.25, 0.3) is 11.0 Å². The quantitative estimate of drug-likeness (QED) is 0.731. The molecule has 0 atom stereocenters. The summed E-state index contributed by atoms with van der Waals surface area (Å²) in [4.78, 5) is 4.74. The minimum absolute atomic E-state index is 0.697. The molecule has 3 aromatic rings. The van der Waals surface area contributed by atoms with Gasteiger partial charge in [-0.25, -0.2) is 4.98 Å². The standard InChI is InChI=1S/C17H18ClN3/c1-2-5-17-20-15-6-3-4-7-16(15)21(17)11-12-10-13(18)8-9-14(12)19/h3-4,6-10H,2,5,11,19H2,1H3. The molecule has 0 aliphatic rings. The lowest BCUT2D eigenvalue weighted by atomic mass is 10.1. The van der Waals surface area contributed by atoms with Crippen molar-refractivity contribution in [2.45, 2.75) is 26.3 Å². The van der Waals surface area contributed by atoms with Crippen molar-refractivity contribution in [1.29, 1.82) is 0 Å². The first-order valence-electron chi connectivity index (χ1n) is 7.17. The maximum atomic E-state index is 6.10. The molecule has 0 fully saturated rings. The Hall–Kier alpha value is -2.00. The number of hydrogen-bond acceptors (Lipinski definition) is 2. The van der Waals surface area contributed by atoms with Gasteiger partial charge in [-0.3, -0.25) is 0 Å². The lowest BCUT2D eigenvalue weighted by molar-refractivity contribution is 0.723. The first-order valence-corrected chi connectivity index (χ1v) is 7.55. The number of rotatable bonds is 4. The van der Waals surface area contributed by atoms with Gasteiger partial charge >= 0.3 is 0 Å². The molecule has 0 unspecified atom stereocenters. The molecule has 0 amide bonds. The second-order valence-corrected chi connectivity index (χ2v) is 5.63. The Kier molecular flexibility index (Phi) is 3.84. The minimum Gasteiger partial charge on any atom is -0.398 e. The largest absolute Gasteiger partial charge is 0.398 e. The number of anilines is 1. The predicted molar refractivity (Wildman–Crippen MR) is 88.7 cm³/mol. The lowest BCUT2D eigenvalue weighted by Crippen LogP contribution is -2.07. The molecule has 1 heterocycles. The van der Waals surface area contributed by atoms with Gasteiger partial charge in [-0.15, -0.1) is 0 Å². The van der Waals surface area contributed by atoms with Crippen LogP contribution in [0.4, 0.5) is 5.69 Å². The smallest absolute Gasteiger partial charge is 0.110 e. The van der Waals surface area contributed by atoms with Crippen LogP contribution in [-0.2, 0) is 13.0 Å². The normalized spacial score (nSPS) is 11.1. The summed E-state index contributed by atoms with van der Waals surface area (Å²) in [5.74, 6) is 1.10. The van der Waals surface area contributed by atoms with Gasteiger partial charge in [-0.2, -0.15) is 0 Å². The zero-order chi connectivity index (χ0) is 14.8. The van der Waals surface area contributed by atoms with Crippen molar-refractivity contribution in [2.75, 3.05) is 5.73 Å². The highest BCUT2D eigenvalue weighted by Crippen LogP contribution is 2.23. The third-order valence-electron chi connectivity index (χ3n) is 3.64. The van der Waals surface area contributed by atoms with Crippen LogP contribution in [0.2, 0.25) is 5.02 Å². The highest BCUT2D eigenvalue weighted by atomic mass is 35.5. The zero-order valence-electron chi connectivity index (χ0n) is 12.0. The maximum Gasteiger partial charge on any atom is 0.110 e. The summed E-state index contributed by atoms with van der Waals surface area (Å²) in [6.45, 7) is 2.86. The van der Waals surface area contributed by atoms with Crippen molar-refractivity contribution < 1.29 is 0 Å². The van der Waals surface area contributed by atoms with Gasteiger partial charge in [0.05, 0.1) is 17.6 Å². The average molecular weight is 300 g/mol. The van der Waals surface area contributed by atoms with Crippen molar-refractivity contribution >= 4 is 28.3 Å². The van der Waals surface area contributed by atoms with Crippen LogP contribution in [-0.4, -0.2) is 9.55 Å². The second kappa shape index (κ2) is 5.78. The Morgan fingerprint density at radius 2 is 2.00 bits per heavy atom. The van der Waals surface area contributed by atoms with E-state index in [0.29, 0.717) is 11.6 Å². The highest BCUT2D eigenvalue weighted by molar-refractivity contribution is 6.30. The first kappa shape index (κ1) is 14.0. The van der Waals surface area contributed by atoms with E-state index in [1.165, 1.54) is 0 Å². The molecule has 0 bridgehead atoms. The van der Waals surface area contributed by atoms with Crippen molar-refractivity contribution in [3.8, 4) is 0 Å². The Morgan fingerprint density at radius 1 is 1.19 bits per heavy atom. The first-order chi connectivity index (χ1) is 10.2. The Morgan fingerprint density at radius 3 is 2.81 bits per heavy atom. The monoisotopic (exact) mass is 299 g/mol. The van der Waals surface area contributed by atoms with E-state index in [0.717, 1.165) is 41.0 Å². The molecule has 108 valence electrons. The van der Waals surface area contributed by atoms with E-state index in [1.54, 1.807) is 0 Å². The Bertz CT molecular complexity index is 777. The van der Waals surface area contributed by atoms with Crippen LogP contribution in [0.3, 0.4) is 0 Å². The van der Waals surface area contributed by atoms with Gasteiger partial charge in [0.25, 0.3) is 0 Å². The average Bonchev–Trinajstić information content (AvgIpc) is 2.81.